The fourth-order valence-corrected chi connectivity index (χ4v) is 3.35. The molecule has 10 heteroatoms. The minimum Gasteiger partial charge on any atom is -0.494 e. The highest BCUT2D eigenvalue weighted by Gasteiger charge is 2.17. The molecule has 0 fully saturated rings. The van der Waals surface area contributed by atoms with Crippen molar-refractivity contribution < 1.29 is 23.9 Å². The Labute approximate surface area is 209 Å². The molecule has 1 N–H and O–H groups in total. The van der Waals surface area contributed by atoms with Crippen LogP contribution in [0.1, 0.15) is 11.1 Å². The lowest BCUT2D eigenvalue weighted by Gasteiger charge is -2.14. The Morgan fingerprint density at radius 3 is 2.46 bits per heavy atom. The number of halogens is 1. The number of hydrogen-bond acceptors (Lipinski definition) is 7. The highest BCUT2D eigenvalue weighted by Crippen LogP contribution is 2.34. The molecule has 9 nitrogen and oxygen atoms in total. The Hall–Kier alpha value is -4.36. The fraction of sp³-hybridized carbons (Fsp3) is 0.120. The Morgan fingerprint density at radius 2 is 1.83 bits per heavy atom. The molecule has 3 rings (SSSR count). The number of nitriles is 1. The Balaban J connectivity index is 1.89. The predicted octanol–water partition coefficient (Wildman–Crippen LogP) is 5.50. The number of anilines is 1. The first-order valence-corrected chi connectivity index (χ1v) is 11.0. The number of nitro groups is 1. The standard InChI is InChI=1S/C25H20BrN3O6/c1-33-22-5-3-4-17(24(22)35-15-16-6-8-19(26)9-7-16)12-18(14-27)25(30)28-21-11-10-20(29(31)32)13-23(21)34-2/h3-13H,15H2,1-2H3,(H,28,30). The van der Waals surface area contributed by atoms with Crippen molar-refractivity contribution in [3.63, 3.8) is 0 Å². The first kappa shape index (κ1) is 25.3. The molecule has 0 saturated carbocycles. The second-order valence-corrected chi connectivity index (χ2v) is 7.98. The van der Waals surface area contributed by atoms with Crippen LogP contribution in [0, 0.1) is 21.4 Å². The van der Waals surface area contributed by atoms with Crippen LogP contribution in [0.15, 0.2) is 70.7 Å². The molecular weight excluding hydrogens is 518 g/mol. The minimum absolute atomic E-state index is 0.0877. The summed E-state index contributed by atoms with van der Waals surface area (Å²) in [5, 5.41) is 23.2. The number of carbonyl (C=O) groups excluding carboxylic acids is 1. The lowest BCUT2D eigenvalue weighted by Crippen LogP contribution is -2.14. The average Bonchev–Trinajstić information content (AvgIpc) is 2.87. The molecule has 0 radical (unpaired) electrons. The van der Waals surface area contributed by atoms with Gasteiger partial charge >= 0.3 is 0 Å². The van der Waals surface area contributed by atoms with Crippen molar-refractivity contribution in [1.29, 1.82) is 5.26 Å². The molecule has 0 aliphatic carbocycles. The van der Waals surface area contributed by atoms with Crippen molar-refractivity contribution in [2.75, 3.05) is 19.5 Å². The van der Waals surface area contributed by atoms with Crippen LogP contribution in [-0.2, 0) is 11.4 Å². The lowest BCUT2D eigenvalue weighted by molar-refractivity contribution is -0.384. The number of methoxy groups -OCH3 is 2. The predicted molar refractivity (Wildman–Crippen MR) is 133 cm³/mol. The first-order valence-electron chi connectivity index (χ1n) is 10.2. The normalized spacial score (nSPS) is 10.7. The topological polar surface area (TPSA) is 124 Å². The number of nitrogens with zero attached hydrogens (tertiary/aromatic N) is 2. The van der Waals surface area contributed by atoms with E-state index in [1.165, 1.54) is 38.5 Å². The van der Waals surface area contributed by atoms with Crippen molar-refractivity contribution in [2.45, 2.75) is 6.61 Å². The maximum Gasteiger partial charge on any atom is 0.273 e. The van der Waals surface area contributed by atoms with Gasteiger partial charge in [-0.05, 0) is 35.9 Å². The van der Waals surface area contributed by atoms with Gasteiger partial charge in [-0.1, -0.05) is 40.2 Å². The second-order valence-electron chi connectivity index (χ2n) is 7.06. The zero-order valence-corrected chi connectivity index (χ0v) is 20.4. The quantitative estimate of drug-likeness (QED) is 0.165. The Kier molecular flexibility index (Phi) is 8.43. The van der Waals surface area contributed by atoms with Gasteiger partial charge in [-0.2, -0.15) is 5.26 Å². The molecule has 0 aliphatic rings. The molecule has 178 valence electrons. The summed E-state index contributed by atoms with van der Waals surface area (Å²) >= 11 is 3.39. The molecule has 0 aliphatic heterocycles. The third kappa shape index (κ3) is 6.37. The minimum atomic E-state index is -0.721. The molecule has 0 saturated heterocycles. The third-order valence-electron chi connectivity index (χ3n) is 4.83. The molecule has 3 aromatic carbocycles. The lowest BCUT2D eigenvalue weighted by atomic mass is 10.1. The molecule has 0 atom stereocenters. The van der Waals surface area contributed by atoms with Gasteiger partial charge in [0.1, 0.15) is 24.0 Å². The van der Waals surface area contributed by atoms with Crippen molar-refractivity contribution in [2.24, 2.45) is 0 Å². The molecule has 35 heavy (non-hydrogen) atoms. The van der Waals surface area contributed by atoms with Gasteiger partial charge in [-0.15, -0.1) is 0 Å². The number of para-hydroxylation sites is 1. The van der Waals surface area contributed by atoms with Crippen LogP contribution >= 0.6 is 15.9 Å². The van der Waals surface area contributed by atoms with Gasteiger partial charge in [-0.3, -0.25) is 14.9 Å². The van der Waals surface area contributed by atoms with Crippen molar-refractivity contribution >= 4 is 39.3 Å². The second kappa shape index (κ2) is 11.7. The fourth-order valence-electron chi connectivity index (χ4n) is 3.09. The summed E-state index contributed by atoms with van der Waals surface area (Å²) < 4.78 is 17.5. The smallest absolute Gasteiger partial charge is 0.273 e. The largest absolute Gasteiger partial charge is 0.494 e. The van der Waals surface area contributed by atoms with E-state index in [9.17, 15) is 20.2 Å². The highest BCUT2D eigenvalue weighted by molar-refractivity contribution is 9.10. The number of carbonyl (C=O) groups is 1. The Bertz CT molecular complexity index is 1320. The number of ether oxygens (including phenoxy) is 3. The maximum atomic E-state index is 12.8. The van der Waals surface area contributed by atoms with E-state index in [1.807, 2.05) is 30.3 Å². The van der Waals surface area contributed by atoms with Crippen LogP contribution in [-0.4, -0.2) is 25.1 Å². The van der Waals surface area contributed by atoms with Gasteiger partial charge in [0.15, 0.2) is 11.5 Å². The van der Waals surface area contributed by atoms with Gasteiger partial charge in [0.25, 0.3) is 11.6 Å². The van der Waals surface area contributed by atoms with Crippen molar-refractivity contribution in [3.05, 3.63) is 92.0 Å². The van der Waals surface area contributed by atoms with E-state index in [1.54, 1.807) is 18.2 Å². The zero-order valence-electron chi connectivity index (χ0n) is 18.8. The molecule has 0 bridgehead atoms. The van der Waals surface area contributed by atoms with Gasteiger partial charge in [0, 0.05) is 16.1 Å². The molecule has 0 aromatic heterocycles. The van der Waals surface area contributed by atoms with Gasteiger partial charge in [0.05, 0.1) is 30.9 Å². The van der Waals surface area contributed by atoms with E-state index in [4.69, 9.17) is 14.2 Å². The molecular formula is C25H20BrN3O6. The number of non-ortho nitro benzene ring substituents is 1. The van der Waals surface area contributed by atoms with Crippen LogP contribution in [0.2, 0.25) is 0 Å². The van der Waals surface area contributed by atoms with Crippen LogP contribution in [0.25, 0.3) is 6.08 Å². The molecule has 1 amide bonds. The number of benzene rings is 3. The van der Waals surface area contributed by atoms with E-state index in [2.05, 4.69) is 21.2 Å². The first-order chi connectivity index (χ1) is 16.9. The summed E-state index contributed by atoms with van der Waals surface area (Å²) in [6.45, 7) is 0.239. The number of hydrogen-bond donors (Lipinski definition) is 1. The maximum absolute atomic E-state index is 12.8. The van der Waals surface area contributed by atoms with Gasteiger partial charge < -0.3 is 19.5 Å². The van der Waals surface area contributed by atoms with Gasteiger partial charge in [-0.25, -0.2) is 0 Å². The van der Waals surface area contributed by atoms with Crippen LogP contribution < -0.4 is 19.5 Å². The van der Waals surface area contributed by atoms with Crippen LogP contribution in [0.4, 0.5) is 11.4 Å². The van der Waals surface area contributed by atoms with E-state index in [-0.39, 0.29) is 29.3 Å². The van der Waals surface area contributed by atoms with E-state index < -0.39 is 10.8 Å². The van der Waals surface area contributed by atoms with E-state index >= 15 is 0 Å². The SMILES string of the molecule is COc1cc([N+](=O)[O-])ccc1NC(=O)C(C#N)=Cc1cccc(OC)c1OCc1ccc(Br)cc1. The summed E-state index contributed by atoms with van der Waals surface area (Å²) in [5.74, 6) is 0.169. The number of nitrogens with one attached hydrogen (secondary N) is 1. The number of nitro benzene ring substituents is 1. The Morgan fingerprint density at radius 1 is 1.11 bits per heavy atom. The monoisotopic (exact) mass is 537 g/mol. The van der Waals surface area contributed by atoms with Crippen molar-refractivity contribution in [1.82, 2.24) is 0 Å². The van der Waals surface area contributed by atoms with Crippen LogP contribution in [0.3, 0.4) is 0 Å². The summed E-state index contributed by atoms with van der Waals surface area (Å²) in [7, 11) is 2.81. The molecule has 0 unspecified atom stereocenters. The number of amides is 1. The molecule has 0 heterocycles. The average molecular weight is 538 g/mol. The van der Waals surface area contributed by atoms with Crippen LogP contribution in [0.5, 0.6) is 17.2 Å². The van der Waals surface area contributed by atoms with Crippen molar-refractivity contribution in [3.8, 4) is 23.3 Å². The molecule has 3 aromatic rings. The summed E-state index contributed by atoms with van der Waals surface area (Å²) in [6, 6.07) is 18.3. The van der Waals surface area contributed by atoms with E-state index in [0.717, 1.165) is 10.0 Å². The highest BCUT2D eigenvalue weighted by atomic mass is 79.9. The van der Waals surface area contributed by atoms with E-state index in [0.29, 0.717) is 17.1 Å². The zero-order chi connectivity index (χ0) is 25.4. The number of rotatable bonds is 9. The third-order valence-corrected chi connectivity index (χ3v) is 5.36. The molecule has 0 spiro atoms. The van der Waals surface area contributed by atoms with Gasteiger partial charge in [0.2, 0.25) is 0 Å². The summed E-state index contributed by atoms with van der Waals surface area (Å²) in [4.78, 5) is 23.3. The summed E-state index contributed by atoms with van der Waals surface area (Å²) in [6.07, 6.45) is 1.38. The summed E-state index contributed by atoms with van der Waals surface area (Å²) in [5.41, 5.74) is 1.15.